The first-order chi connectivity index (χ1) is 9.82. The molecule has 1 aromatic rings. The maximum atomic E-state index is 11.3. The first-order valence-corrected chi connectivity index (χ1v) is 6.42. The maximum Gasteiger partial charge on any atom is 0.249 e. The van der Waals surface area contributed by atoms with Crippen molar-refractivity contribution in [3.05, 3.63) is 35.4 Å². The number of ether oxygens (including phenoxy) is 1. The molecule has 116 valence electrons. The number of nitrogens with two attached hydrogens (primary N) is 2. The molecule has 2 amide bonds. The molecule has 7 nitrogen and oxygen atoms in total. The van der Waals surface area contributed by atoms with E-state index in [0.717, 1.165) is 11.1 Å². The lowest BCUT2D eigenvalue weighted by atomic mass is 10.0. The van der Waals surface area contributed by atoms with Crippen molar-refractivity contribution in [2.24, 2.45) is 11.5 Å². The van der Waals surface area contributed by atoms with E-state index in [9.17, 15) is 19.8 Å². The zero-order chi connectivity index (χ0) is 16.0. The molecule has 0 saturated carbocycles. The molecule has 1 aromatic carbocycles. The molecule has 0 bridgehead atoms. The molecule has 6 N–H and O–H groups in total. The number of hydrogen-bond donors (Lipinski definition) is 4. The topological polar surface area (TPSA) is 136 Å². The summed E-state index contributed by atoms with van der Waals surface area (Å²) in [6.45, 7) is 1.91. The summed E-state index contributed by atoms with van der Waals surface area (Å²) in [5, 5.41) is 19.5. The Morgan fingerprint density at radius 3 is 2.38 bits per heavy atom. The molecule has 0 spiro atoms. The lowest BCUT2D eigenvalue weighted by Gasteiger charge is -2.24. The summed E-state index contributed by atoms with van der Waals surface area (Å²) >= 11 is 0. The van der Waals surface area contributed by atoms with Gasteiger partial charge in [0.25, 0.3) is 0 Å². The second kappa shape index (κ2) is 7.72. The molecule has 0 aromatic heterocycles. The van der Waals surface area contributed by atoms with Gasteiger partial charge < -0.3 is 26.4 Å². The highest BCUT2D eigenvalue weighted by molar-refractivity contribution is 5.80. The van der Waals surface area contributed by atoms with E-state index in [1.807, 2.05) is 25.1 Å². The van der Waals surface area contributed by atoms with Crippen LogP contribution in [0.4, 0.5) is 0 Å². The van der Waals surface area contributed by atoms with E-state index in [-0.39, 0.29) is 6.61 Å². The van der Waals surface area contributed by atoms with E-state index in [1.54, 1.807) is 6.07 Å². The third-order valence-electron chi connectivity index (χ3n) is 3.07. The number of aliphatic hydroxyl groups is 2. The van der Waals surface area contributed by atoms with Crippen LogP contribution >= 0.6 is 0 Å². The molecule has 3 atom stereocenters. The summed E-state index contributed by atoms with van der Waals surface area (Å²) in [5.41, 5.74) is 11.9. The Morgan fingerprint density at radius 2 is 1.86 bits per heavy atom. The van der Waals surface area contributed by atoms with Gasteiger partial charge in [0.05, 0.1) is 19.1 Å². The SMILES string of the molecule is Cc1ccccc1COC(C(N)=O)C(O)C(O)CC(N)=O. The van der Waals surface area contributed by atoms with E-state index in [1.165, 1.54) is 0 Å². The lowest BCUT2D eigenvalue weighted by molar-refractivity contribution is -0.149. The summed E-state index contributed by atoms with van der Waals surface area (Å²) in [6, 6.07) is 7.34. The van der Waals surface area contributed by atoms with E-state index in [4.69, 9.17) is 16.2 Å². The smallest absolute Gasteiger partial charge is 0.249 e. The molecule has 7 heteroatoms. The van der Waals surface area contributed by atoms with Gasteiger partial charge in [0.1, 0.15) is 6.10 Å². The molecular weight excluding hydrogens is 276 g/mol. The van der Waals surface area contributed by atoms with Crippen molar-refractivity contribution in [1.29, 1.82) is 0 Å². The fourth-order valence-corrected chi connectivity index (χ4v) is 1.83. The highest BCUT2D eigenvalue weighted by Crippen LogP contribution is 2.13. The molecule has 0 saturated heterocycles. The standard InChI is InChI=1S/C14H20N2O5/c1-8-4-2-3-5-9(8)7-21-13(14(16)20)12(19)10(17)6-11(15)18/h2-5,10,12-13,17,19H,6-7H2,1H3,(H2,15,18)(H2,16,20). The summed E-state index contributed by atoms with van der Waals surface area (Å²) in [5.74, 6) is -1.73. The number of aliphatic hydroxyl groups excluding tert-OH is 2. The van der Waals surface area contributed by atoms with Crippen LogP contribution in [0.5, 0.6) is 0 Å². The number of primary amides is 2. The second-order valence-electron chi connectivity index (χ2n) is 4.79. The van der Waals surface area contributed by atoms with Gasteiger partial charge in [-0.1, -0.05) is 24.3 Å². The summed E-state index contributed by atoms with van der Waals surface area (Å²) < 4.78 is 5.30. The molecule has 0 aliphatic rings. The first kappa shape index (κ1) is 17.1. The Balaban J connectivity index is 2.72. The van der Waals surface area contributed by atoms with Crippen molar-refractivity contribution in [3.63, 3.8) is 0 Å². The third kappa shape index (κ3) is 5.14. The summed E-state index contributed by atoms with van der Waals surface area (Å²) in [7, 11) is 0. The Labute approximate surface area is 122 Å². The first-order valence-electron chi connectivity index (χ1n) is 6.42. The largest absolute Gasteiger partial charge is 0.390 e. The van der Waals surface area contributed by atoms with Crippen molar-refractivity contribution < 1.29 is 24.5 Å². The molecule has 21 heavy (non-hydrogen) atoms. The van der Waals surface area contributed by atoms with Crippen molar-refractivity contribution in [2.45, 2.75) is 38.3 Å². The zero-order valence-electron chi connectivity index (χ0n) is 11.7. The number of carbonyl (C=O) groups is 2. The average Bonchev–Trinajstić information content (AvgIpc) is 2.39. The van der Waals surface area contributed by atoms with Crippen LogP contribution in [0.15, 0.2) is 24.3 Å². The molecule has 0 aliphatic carbocycles. The van der Waals surface area contributed by atoms with E-state index in [2.05, 4.69) is 0 Å². The van der Waals surface area contributed by atoms with Crippen molar-refractivity contribution in [1.82, 2.24) is 0 Å². The highest BCUT2D eigenvalue weighted by atomic mass is 16.5. The van der Waals surface area contributed by atoms with Crippen LogP contribution in [0.1, 0.15) is 17.5 Å². The average molecular weight is 296 g/mol. The van der Waals surface area contributed by atoms with Gasteiger partial charge in [-0.3, -0.25) is 9.59 Å². The van der Waals surface area contributed by atoms with Crippen LogP contribution in [0.25, 0.3) is 0 Å². The quantitative estimate of drug-likeness (QED) is 0.486. The number of hydrogen-bond acceptors (Lipinski definition) is 5. The van der Waals surface area contributed by atoms with Crippen LogP contribution in [-0.2, 0) is 20.9 Å². The van der Waals surface area contributed by atoms with Crippen molar-refractivity contribution in [2.75, 3.05) is 0 Å². The van der Waals surface area contributed by atoms with Crippen molar-refractivity contribution >= 4 is 11.8 Å². The number of carbonyl (C=O) groups excluding carboxylic acids is 2. The molecule has 3 unspecified atom stereocenters. The Kier molecular flexibility index (Phi) is 6.29. The van der Waals surface area contributed by atoms with Crippen LogP contribution < -0.4 is 11.5 Å². The fourth-order valence-electron chi connectivity index (χ4n) is 1.83. The monoisotopic (exact) mass is 296 g/mol. The minimum Gasteiger partial charge on any atom is -0.390 e. The van der Waals surface area contributed by atoms with Crippen LogP contribution in [0.3, 0.4) is 0 Å². The van der Waals surface area contributed by atoms with Gasteiger partial charge in [-0.25, -0.2) is 0 Å². The normalized spacial score (nSPS) is 15.2. The Morgan fingerprint density at radius 1 is 1.24 bits per heavy atom. The van der Waals surface area contributed by atoms with Gasteiger partial charge in [-0.15, -0.1) is 0 Å². The van der Waals surface area contributed by atoms with Crippen LogP contribution in [-0.4, -0.2) is 40.3 Å². The molecule has 0 aliphatic heterocycles. The van der Waals surface area contributed by atoms with Gasteiger partial charge in [0, 0.05) is 0 Å². The van der Waals surface area contributed by atoms with Gasteiger partial charge in [0.2, 0.25) is 11.8 Å². The lowest BCUT2D eigenvalue weighted by Crippen LogP contribution is -2.48. The maximum absolute atomic E-state index is 11.3. The molecule has 0 heterocycles. The van der Waals surface area contributed by atoms with Gasteiger partial charge in [-0.2, -0.15) is 0 Å². The van der Waals surface area contributed by atoms with E-state index < -0.39 is 36.5 Å². The Hall–Kier alpha value is -1.96. The van der Waals surface area contributed by atoms with Crippen LogP contribution in [0.2, 0.25) is 0 Å². The van der Waals surface area contributed by atoms with E-state index in [0.29, 0.717) is 0 Å². The number of amides is 2. The molecular formula is C14H20N2O5. The molecule has 1 rings (SSSR count). The predicted molar refractivity (Wildman–Crippen MR) is 74.8 cm³/mol. The fraction of sp³-hybridized carbons (Fsp3) is 0.429. The molecule has 0 radical (unpaired) electrons. The zero-order valence-corrected chi connectivity index (χ0v) is 11.7. The minimum absolute atomic E-state index is 0.0423. The predicted octanol–water partition coefficient (Wildman–Crippen LogP) is -1.04. The van der Waals surface area contributed by atoms with Gasteiger partial charge >= 0.3 is 0 Å². The number of benzene rings is 1. The highest BCUT2D eigenvalue weighted by Gasteiger charge is 2.32. The number of aryl methyl sites for hydroxylation is 1. The third-order valence-corrected chi connectivity index (χ3v) is 3.07. The Bertz CT molecular complexity index is 506. The van der Waals surface area contributed by atoms with Gasteiger partial charge in [-0.05, 0) is 18.1 Å². The van der Waals surface area contributed by atoms with Crippen LogP contribution in [0, 0.1) is 6.92 Å². The molecule has 0 fully saturated rings. The van der Waals surface area contributed by atoms with E-state index >= 15 is 0 Å². The summed E-state index contributed by atoms with van der Waals surface area (Å²) in [6.07, 6.45) is -5.06. The second-order valence-corrected chi connectivity index (χ2v) is 4.79. The van der Waals surface area contributed by atoms with Crippen molar-refractivity contribution in [3.8, 4) is 0 Å². The number of rotatable bonds is 8. The van der Waals surface area contributed by atoms with Gasteiger partial charge in [0.15, 0.2) is 6.10 Å². The minimum atomic E-state index is -1.63. The summed E-state index contributed by atoms with van der Waals surface area (Å²) in [4.78, 5) is 22.1.